The summed E-state index contributed by atoms with van der Waals surface area (Å²) in [5.74, 6) is -7.78. The van der Waals surface area contributed by atoms with Crippen molar-refractivity contribution in [2.24, 2.45) is 0 Å². The van der Waals surface area contributed by atoms with Gasteiger partial charge in [-0.2, -0.15) is 0 Å². The van der Waals surface area contributed by atoms with Crippen molar-refractivity contribution < 1.29 is 36.6 Å². The van der Waals surface area contributed by atoms with Crippen molar-refractivity contribution in [1.29, 1.82) is 0 Å². The molecule has 0 aliphatic rings. The van der Waals surface area contributed by atoms with E-state index in [9.17, 15) is 27.2 Å². The summed E-state index contributed by atoms with van der Waals surface area (Å²) in [6.45, 7) is 1.44. The van der Waals surface area contributed by atoms with Gasteiger partial charge in [0.25, 0.3) is 0 Å². The molecule has 0 N–H and O–H groups in total. The lowest BCUT2D eigenvalue weighted by molar-refractivity contribution is -0.141. The van der Waals surface area contributed by atoms with E-state index in [2.05, 4.69) is 9.47 Å². The van der Waals surface area contributed by atoms with E-state index < -0.39 is 59.2 Å². The first-order valence-corrected chi connectivity index (χ1v) is 6.36. The molecule has 4 nitrogen and oxygen atoms in total. The molecule has 0 radical (unpaired) electrons. The molecule has 0 aliphatic heterocycles. The molecule has 0 bridgehead atoms. The molecule has 22 heavy (non-hydrogen) atoms. The van der Waals surface area contributed by atoms with Crippen LogP contribution < -0.4 is 0 Å². The van der Waals surface area contributed by atoms with Crippen LogP contribution in [0, 0.1) is 23.3 Å². The highest BCUT2D eigenvalue weighted by molar-refractivity contribution is 5.66. The summed E-state index contributed by atoms with van der Waals surface area (Å²) in [6.07, 6.45) is -0.899. The number of carbonyl (C=O) groups excluding carboxylic acids is 2. The maximum absolute atomic E-state index is 14.1. The molecule has 0 aromatic heterocycles. The molecular weight excluding hydrogens is 308 g/mol. The number of hydrogen-bond donors (Lipinski definition) is 0. The van der Waals surface area contributed by atoms with E-state index in [1.165, 1.54) is 0 Å². The molecule has 0 spiro atoms. The summed E-state index contributed by atoms with van der Waals surface area (Å²) in [4.78, 5) is 21.2. The summed E-state index contributed by atoms with van der Waals surface area (Å²) in [7, 11) is 0. The van der Waals surface area contributed by atoms with Crippen LogP contribution in [0.25, 0.3) is 0 Å². The first-order chi connectivity index (χ1) is 10.3. The van der Waals surface area contributed by atoms with Crippen LogP contribution in [0.4, 0.5) is 17.6 Å². The van der Waals surface area contributed by atoms with Gasteiger partial charge in [0.15, 0.2) is 17.5 Å². The van der Waals surface area contributed by atoms with Crippen molar-refractivity contribution >= 4 is 11.9 Å². The number of halogens is 4. The second-order valence-corrected chi connectivity index (χ2v) is 4.39. The smallest absolute Gasteiger partial charge is 0.302 e. The number of carbonyl (C=O) groups is 2. The van der Waals surface area contributed by atoms with Gasteiger partial charge in [0.1, 0.15) is 5.82 Å². The summed E-state index contributed by atoms with van der Waals surface area (Å²) in [5.41, 5.74) is -1.45. The van der Waals surface area contributed by atoms with Crippen molar-refractivity contribution in [3.63, 3.8) is 0 Å². The summed E-state index contributed by atoms with van der Waals surface area (Å²) < 4.78 is 63.8. The molecule has 0 aliphatic carbocycles. The molecule has 0 saturated carbocycles. The SMILES string of the molecule is CC(=O)OCCc1c(F)c(F)c(F)c(CCOC(C)=O)c1F. The standard InChI is InChI=1S/C14H14F4O4/c1-7(19)21-5-3-9-11(15)10(4-6-22-8(2)20)13(17)14(18)12(9)16/h3-6H2,1-2H3. The van der Waals surface area contributed by atoms with Crippen molar-refractivity contribution in [1.82, 2.24) is 0 Å². The van der Waals surface area contributed by atoms with Gasteiger partial charge in [-0.1, -0.05) is 0 Å². The van der Waals surface area contributed by atoms with E-state index in [4.69, 9.17) is 0 Å². The van der Waals surface area contributed by atoms with Gasteiger partial charge in [-0.3, -0.25) is 9.59 Å². The second-order valence-electron chi connectivity index (χ2n) is 4.39. The lowest BCUT2D eigenvalue weighted by Gasteiger charge is -2.12. The fourth-order valence-corrected chi connectivity index (χ4v) is 1.77. The van der Waals surface area contributed by atoms with Crippen molar-refractivity contribution in [2.45, 2.75) is 26.7 Å². The third-order valence-corrected chi connectivity index (χ3v) is 2.76. The van der Waals surface area contributed by atoms with Gasteiger partial charge in [-0.15, -0.1) is 0 Å². The minimum atomic E-state index is -1.82. The van der Waals surface area contributed by atoms with Crippen molar-refractivity contribution in [3.05, 3.63) is 34.4 Å². The minimum absolute atomic E-state index is 0.377. The van der Waals surface area contributed by atoms with Crippen molar-refractivity contribution in [2.75, 3.05) is 13.2 Å². The Kier molecular flexibility index (Phi) is 6.33. The average Bonchev–Trinajstić information content (AvgIpc) is 2.43. The van der Waals surface area contributed by atoms with Crippen LogP contribution in [0.1, 0.15) is 25.0 Å². The lowest BCUT2D eigenvalue weighted by atomic mass is 10.0. The van der Waals surface area contributed by atoms with E-state index in [1.807, 2.05) is 0 Å². The zero-order valence-electron chi connectivity index (χ0n) is 12.0. The van der Waals surface area contributed by atoms with Gasteiger partial charge in [0.2, 0.25) is 0 Å². The highest BCUT2D eigenvalue weighted by atomic mass is 19.2. The minimum Gasteiger partial charge on any atom is -0.466 e. The van der Waals surface area contributed by atoms with E-state index >= 15 is 0 Å². The first-order valence-electron chi connectivity index (χ1n) is 6.36. The Hall–Kier alpha value is -2.12. The van der Waals surface area contributed by atoms with E-state index in [-0.39, 0.29) is 13.2 Å². The molecule has 0 atom stereocenters. The normalized spacial score (nSPS) is 10.5. The monoisotopic (exact) mass is 322 g/mol. The van der Waals surface area contributed by atoms with Gasteiger partial charge < -0.3 is 9.47 Å². The molecule has 0 fully saturated rings. The topological polar surface area (TPSA) is 52.6 Å². The third-order valence-electron chi connectivity index (χ3n) is 2.76. The molecule has 122 valence electrons. The Morgan fingerprint density at radius 3 is 1.41 bits per heavy atom. The lowest BCUT2D eigenvalue weighted by Crippen LogP contribution is -2.14. The van der Waals surface area contributed by atoms with E-state index in [1.54, 1.807) is 0 Å². The largest absolute Gasteiger partial charge is 0.466 e. The number of benzene rings is 1. The molecular formula is C14H14F4O4. The predicted molar refractivity (Wildman–Crippen MR) is 66.9 cm³/mol. The van der Waals surface area contributed by atoms with Crippen molar-refractivity contribution in [3.8, 4) is 0 Å². The van der Waals surface area contributed by atoms with Gasteiger partial charge in [0.05, 0.1) is 13.2 Å². The molecule has 0 amide bonds. The van der Waals surface area contributed by atoms with E-state index in [0.29, 0.717) is 0 Å². The summed E-state index contributed by atoms with van der Waals surface area (Å²) in [5, 5.41) is 0. The Labute approximate surface area is 124 Å². The highest BCUT2D eigenvalue weighted by Gasteiger charge is 2.25. The van der Waals surface area contributed by atoms with Gasteiger partial charge in [-0.05, 0) is 0 Å². The zero-order chi connectivity index (χ0) is 16.9. The van der Waals surface area contributed by atoms with Crippen LogP contribution in [0.5, 0.6) is 0 Å². The zero-order valence-corrected chi connectivity index (χ0v) is 12.0. The number of hydrogen-bond acceptors (Lipinski definition) is 4. The summed E-state index contributed by atoms with van der Waals surface area (Å²) >= 11 is 0. The Balaban J connectivity index is 3.03. The Bertz CT molecular complexity index is 540. The van der Waals surface area contributed by atoms with Crippen LogP contribution >= 0.6 is 0 Å². The Morgan fingerprint density at radius 2 is 1.09 bits per heavy atom. The molecule has 1 aromatic carbocycles. The maximum Gasteiger partial charge on any atom is 0.302 e. The van der Waals surface area contributed by atoms with Crippen LogP contribution in [0.3, 0.4) is 0 Å². The van der Waals surface area contributed by atoms with Gasteiger partial charge >= 0.3 is 11.9 Å². The number of ether oxygens (including phenoxy) is 2. The van der Waals surface area contributed by atoms with E-state index in [0.717, 1.165) is 13.8 Å². The Morgan fingerprint density at radius 1 is 0.727 bits per heavy atom. The van der Waals surface area contributed by atoms with Crippen LogP contribution in [0.15, 0.2) is 0 Å². The maximum atomic E-state index is 14.1. The van der Waals surface area contributed by atoms with Crippen LogP contribution in [0.2, 0.25) is 0 Å². The molecule has 0 unspecified atom stereocenters. The van der Waals surface area contributed by atoms with Gasteiger partial charge in [-0.25, -0.2) is 17.6 Å². The predicted octanol–water partition coefficient (Wildman–Crippen LogP) is 2.45. The summed E-state index contributed by atoms with van der Waals surface area (Å²) in [6, 6.07) is 0. The van der Waals surface area contributed by atoms with Crippen LogP contribution in [-0.4, -0.2) is 25.2 Å². The average molecular weight is 322 g/mol. The fourth-order valence-electron chi connectivity index (χ4n) is 1.77. The molecule has 0 heterocycles. The third kappa shape index (κ3) is 4.44. The van der Waals surface area contributed by atoms with Gasteiger partial charge in [0, 0.05) is 37.8 Å². The second kappa shape index (κ2) is 7.77. The van der Waals surface area contributed by atoms with Crippen LogP contribution in [-0.2, 0) is 31.9 Å². The molecule has 1 rings (SSSR count). The quantitative estimate of drug-likeness (QED) is 0.349. The fraction of sp³-hybridized carbons (Fsp3) is 0.429. The highest BCUT2D eigenvalue weighted by Crippen LogP contribution is 2.25. The molecule has 1 aromatic rings. The first kappa shape index (κ1) is 17.9. The number of rotatable bonds is 6. The molecule has 0 saturated heterocycles. The number of esters is 2. The molecule has 8 heteroatoms.